The topological polar surface area (TPSA) is 45.7 Å². The van der Waals surface area contributed by atoms with Crippen LogP contribution in [0.25, 0.3) is 0 Å². The van der Waals surface area contributed by atoms with Crippen LogP contribution in [0.4, 0.5) is 0 Å². The van der Waals surface area contributed by atoms with Crippen LogP contribution in [-0.4, -0.2) is 52.5 Å². The molecular formula is C25H27N3O2S. The lowest BCUT2D eigenvalue weighted by Crippen LogP contribution is -2.59. The smallest absolute Gasteiger partial charge is 0.257 e. The number of likely N-dealkylation sites (tertiary alicyclic amines) is 1. The Bertz CT molecular complexity index is 1040. The van der Waals surface area contributed by atoms with Gasteiger partial charge in [-0.25, -0.2) is 0 Å². The van der Waals surface area contributed by atoms with Crippen LogP contribution >= 0.6 is 11.3 Å². The van der Waals surface area contributed by atoms with Crippen LogP contribution < -0.4 is 0 Å². The lowest BCUT2D eigenvalue weighted by molar-refractivity contribution is -0.173. The normalized spacial score (nSPS) is 24.2. The van der Waals surface area contributed by atoms with Gasteiger partial charge in [0.15, 0.2) is 5.60 Å². The van der Waals surface area contributed by atoms with E-state index in [9.17, 15) is 4.79 Å². The van der Waals surface area contributed by atoms with Crippen molar-refractivity contribution in [2.75, 3.05) is 26.2 Å². The van der Waals surface area contributed by atoms with E-state index in [1.807, 2.05) is 46.7 Å². The van der Waals surface area contributed by atoms with Crippen molar-refractivity contribution in [3.8, 4) is 0 Å². The summed E-state index contributed by atoms with van der Waals surface area (Å²) in [6, 6.07) is 18.6. The molecule has 2 fully saturated rings. The number of hydrogen-bond donors (Lipinski definition) is 0. The zero-order valence-corrected chi connectivity index (χ0v) is 18.6. The average Bonchev–Trinajstić information content (AvgIpc) is 3.37. The van der Waals surface area contributed by atoms with Gasteiger partial charge in [-0.3, -0.25) is 14.7 Å². The third-order valence-corrected chi connectivity index (χ3v) is 7.30. The van der Waals surface area contributed by atoms with Crippen LogP contribution in [0.1, 0.15) is 26.8 Å². The highest BCUT2D eigenvalue weighted by Crippen LogP contribution is 2.42. The van der Waals surface area contributed by atoms with Gasteiger partial charge in [-0.1, -0.05) is 36.4 Å². The van der Waals surface area contributed by atoms with Crippen LogP contribution in [-0.2, 0) is 22.6 Å². The van der Waals surface area contributed by atoms with E-state index in [0.29, 0.717) is 26.2 Å². The summed E-state index contributed by atoms with van der Waals surface area (Å²) in [5.41, 5.74) is 1.36. The SMILES string of the molecule is Cc1ccc(CN2C[C@@H](c3cccnc3)[C@@]3(C2)OCCN(Cc2ccccc2)C3=O)s1. The van der Waals surface area contributed by atoms with Gasteiger partial charge in [0.1, 0.15) is 0 Å². The predicted molar refractivity (Wildman–Crippen MR) is 122 cm³/mol. The highest BCUT2D eigenvalue weighted by molar-refractivity contribution is 7.11. The average molecular weight is 434 g/mol. The number of morpholine rings is 1. The maximum atomic E-state index is 13.9. The molecule has 2 atom stereocenters. The third-order valence-electron chi connectivity index (χ3n) is 6.31. The molecule has 0 N–H and O–H groups in total. The molecule has 2 saturated heterocycles. The Balaban J connectivity index is 1.44. The Kier molecular flexibility index (Phi) is 5.61. The lowest BCUT2D eigenvalue weighted by Gasteiger charge is -2.42. The number of aryl methyl sites for hydroxylation is 1. The quantitative estimate of drug-likeness (QED) is 0.613. The maximum Gasteiger partial charge on any atom is 0.257 e. The molecule has 31 heavy (non-hydrogen) atoms. The molecule has 0 radical (unpaired) electrons. The van der Waals surface area contributed by atoms with Crippen LogP contribution in [0.2, 0.25) is 0 Å². The summed E-state index contributed by atoms with van der Waals surface area (Å²) >= 11 is 1.82. The number of rotatable bonds is 5. The fourth-order valence-corrected chi connectivity index (χ4v) is 5.80. The Morgan fingerprint density at radius 3 is 2.74 bits per heavy atom. The number of hydrogen-bond acceptors (Lipinski definition) is 5. The molecule has 6 heteroatoms. The molecule has 160 valence electrons. The van der Waals surface area contributed by atoms with Crippen LogP contribution in [0.3, 0.4) is 0 Å². The van der Waals surface area contributed by atoms with Gasteiger partial charge in [0.2, 0.25) is 0 Å². The number of amides is 1. The van der Waals surface area contributed by atoms with E-state index in [4.69, 9.17) is 4.74 Å². The molecule has 2 aliphatic rings. The molecule has 1 spiro atoms. The highest BCUT2D eigenvalue weighted by Gasteiger charge is 2.57. The fraction of sp³-hybridized carbons (Fsp3) is 0.360. The minimum atomic E-state index is -0.859. The Hall–Kier alpha value is -2.54. The number of nitrogens with zero attached hydrogens (tertiary/aromatic N) is 3. The standard InChI is InChI=1S/C25H27N3O2S/c1-19-9-10-22(31-19)16-27-17-23(21-8-5-11-26-14-21)25(18-27)24(29)28(12-13-30-25)15-20-6-3-2-4-7-20/h2-11,14,23H,12-13,15-18H2,1H3/t23-,25+/m0/s1. The predicted octanol–water partition coefficient (Wildman–Crippen LogP) is 3.85. The van der Waals surface area contributed by atoms with Crippen molar-refractivity contribution in [2.24, 2.45) is 0 Å². The number of carbonyl (C=O) groups excluding carboxylic acids is 1. The molecule has 1 amide bonds. The van der Waals surface area contributed by atoms with E-state index in [1.165, 1.54) is 9.75 Å². The van der Waals surface area contributed by atoms with E-state index in [0.717, 1.165) is 24.2 Å². The minimum absolute atomic E-state index is 0.0340. The molecule has 2 aliphatic heterocycles. The van der Waals surface area contributed by atoms with Gasteiger partial charge < -0.3 is 9.64 Å². The minimum Gasteiger partial charge on any atom is -0.361 e. The first kappa shape index (κ1) is 20.4. The number of thiophene rings is 1. The van der Waals surface area contributed by atoms with Crippen molar-refractivity contribution in [1.82, 2.24) is 14.8 Å². The third kappa shape index (κ3) is 4.03. The summed E-state index contributed by atoms with van der Waals surface area (Å²) in [4.78, 5) is 25.2. The van der Waals surface area contributed by atoms with E-state index in [-0.39, 0.29) is 11.8 Å². The summed E-state index contributed by atoms with van der Waals surface area (Å²) in [5.74, 6) is 0.0645. The molecule has 5 nitrogen and oxygen atoms in total. The summed E-state index contributed by atoms with van der Waals surface area (Å²) in [6.07, 6.45) is 3.67. The van der Waals surface area contributed by atoms with E-state index >= 15 is 0 Å². The molecule has 2 aromatic heterocycles. The monoisotopic (exact) mass is 433 g/mol. The second-order valence-electron chi connectivity index (χ2n) is 8.47. The van der Waals surface area contributed by atoms with Crippen LogP contribution in [0.15, 0.2) is 67.0 Å². The molecular weight excluding hydrogens is 406 g/mol. The van der Waals surface area contributed by atoms with Gasteiger partial charge in [-0.2, -0.15) is 0 Å². The molecule has 0 aliphatic carbocycles. The van der Waals surface area contributed by atoms with Crippen molar-refractivity contribution >= 4 is 17.2 Å². The van der Waals surface area contributed by atoms with Gasteiger partial charge in [0.25, 0.3) is 5.91 Å². The van der Waals surface area contributed by atoms with Crippen molar-refractivity contribution < 1.29 is 9.53 Å². The summed E-state index contributed by atoms with van der Waals surface area (Å²) in [5, 5.41) is 0. The number of ether oxygens (including phenoxy) is 1. The number of benzene rings is 1. The van der Waals surface area contributed by atoms with Gasteiger partial charge in [-0.05, 0) is 36.2 Å². The van der Waals surface area contributed by atoms with Crippen molar-refractivity contribution in [3.05, 3.63) is 87.9 Å². The van der Waals surface area contributed by atoms with Gasteiger partial charge >= 0.3 is 0 Å². The second-order valence-corrected chi connectivity index (χ2v) is 9.84. The summed E-state index contributed by atoms with van der Waals surface area (Å²) in [7, 11) is 0. The number of carbonyl (C=O) groups is 1. The largest absolute Gasteiger partial charge is 0.361 e. The summed E-state index contributed by atoms with van der Waals surface area (Å²) in [6.45, 7) is 6.16. The van der Waals surface area contributed by atoms with Gasteiger partial charge in [-0.15, -0.1) is 11.3 Å². The fourth-order valence-electron chi connectivity index (χ4n) is 4.87. The Labute approximate surface area is 187 Å². The second kappa shape index (κ2) is 8.54. The van der Waals surface area contributed by atoms with Crippen molar-refractivity contribution in [1.29, 1.82) is 0 Å². The molecule has 0 saturated carbocycles. The first-order valence-corrected chi connectivity index (χ1v) is 11.6. The van der Waals surface area contributed by atoms with Crippen LogP contribution in [0.5, 0.6) is 0 Å². The Morgan fingerprint density at radius 1 is 1.13 bits per heavy atom. The number of pyridine rings is 1. The molecule has 1 aromatic carbocycles. The molecule has 3 aromatic rings. The van der Waals surface area contributed by atoms with E-state index in [2.05, 4.69) is 47.1 Å². The first-order valence-electron chi connectivity index (χ1n) is 10.8. The van der Waals surface area contributed by atoms with Gasteiger partial charge in [0.05, 0.1) is 6.61 Å². The molecule has 0 unspecified atom stereocenters. The maximum absolute atomic E-state index is 13.9. The Morgan fingerprint density at radius 2 is 2.00 bits per heavy atom. The summed E-state index contributed by atoms with van der Waals surface area (Å²) < 4.78 is 6.39. The van der Waals surface area contributed by atoms with Gasteiger partial charge in [0, 0.05) is 60.8 Å². The van der Waals surface area contributed by atoms with Crippen molar-refractivity contribution in [3.63, 3.8) is 0 Å². The zero-order chi connectivity index (χ0) is 21.3. The number of aromatic nitrogens is 1. The first-order chi connectivity index (χ1) is 15.1. The highest BCUT2D eigenvalue weighted by atomic mass is 32.1. The molecule has 5 rings (SSSR count). The lowest BCUT2D eigenvalue weighted by atomic mass is 9.83. The zero-order valence-electron chi connectivity index (χ0n) is 17.7. The van der Waals surface area contributed by atoms with E-state index in [1.54, 1.807) is 6.20 Å². The van der Waals surface area contributed by atoms with E-state index < -0.39 is 5.60 Å². The molecule has 0 bridgehead atoms. The van der Waals surface area contributed by atoms with Crippen molar-refractivity contribution in [2.45, 2.75) is 31.5 Å². The van der Waals surface area contributed by atoms with Crippen LogP contribution in [0, 0.1) is 6.92 Å². The molecule has 4 heterocycles.